The van der Waals surface area contributed by atoms with Gasteiger partial charge in [-0.05, 0) is 25.3 Å². The van der Waals surface area contributed by atoms with Crippen LogP contribution in [0.2, 0.25) is 0 Å². The van der Waals surface area contributed by atoms with Crippen molar-refractivity contribution < 1.29 is 14.6 Å². The SMILES string of the molecule is O=C(COc1ccnc(O)c1)N1CCCCC1. The molecule has 1 fully saturated rings. The average Bonchev–Trinajstić information content (AvgIpc) is 2.37. The number of nitrogens with zero attached hydrogens (tertiary/aromatic N) is 2. The summed E-state index contributed by atoms with van der Waals surface area (Å²) in [6.07, 6.45) is 4.78. The lowest BCUT2D eigenvalue weighted by Gasteiger charge is -2.26. The summed E-state index contributed by atoms with van der Waals surface area (Å²) in [6, 6.07) is 3.01. The number of hydrogen-bond donors (Lipinski definition) is 1. The summed E-state index contributed by atoms with van der Waals surface area (Å²) in [6.45, 7) is 1.66. The highest BCUT2D eigenvalue weighted by Crippen LogP contribution is 2.15. The van der Waals surface area contributed by atoms with Gasteiger partial charge in [0, 0.05) is 25.4 Å². The Kier molecular flexibility index (Phi) is 3.80. The molecule has 0 aliphatic carbocycles. The molecule has 0 atom stereocenters. The van der Waals surface area contributed by atoms with Crippen molar-refractivity contribution >= 4 is 5.91 Å². The summed E-state index contributed by atoms with van der Waals surface area (Å²) >= 11 is 0. The molecule has 1 aromatic heterocycles. The minimum Gasteiger partial charge on any atom is -0.493 e. The van der Waals surface area contributed by atoms with E-state index in [1.54, 1.807) is 6.07 Å². The molecule has 2 heterocycles. The van der Waals surface area contributed by atoms with Gasteiger partial charge in [-0.1, -0.05) is 0 Å². The Labute approximate surface area is 100 Å². The third kappa shape index (κ3) is 3.34. The van der Waals surface area contributed by atoms with Gasteiger partial charge in [-0.15, -0.1) is 0 Å². The Bertz CT molecular complexity index is 389. The van der Waals surface area contributed by atoms with E-state index in [2.05, 4.69) is 4.98 Å². The number of carbonyl (C=O) groups is 1. The number of carbonyl (C=O) groups excluding carboxylic acids is 1. The Morgan fingerprint density at radius 3 is 2.88 bits per heavy atom. The van der Waals surface area contributed by atoms with Crippen molar-refractivity contribution in [1.82, 2.24) is 9.88 Å². The summed E-state index contributed by atoms with van der Waals surface area (Å²) in [4.78, 5) is 17.2. The fourth-order valence-electron chi connectivity index (χ4n) is 1.87. The first-order valence-corrected chi connectivity index (χ1v) is 5.81. The quantitative estimate of drug-likeness (QED) is 0.856. The molecule has 0 spiro atoms. The van der Waals surface area contributed by atoms with E-state index in [9.17, 15) is 4.79 Å². The number of aromatic nitrogens is 1. The molecule has 92 valence electrons. The van der Waals surface area contributed by atoms with Gasteiger partial charge in [0.2, 0.25) is 5.88 Å². The zero-order valence-corrected chi connectivity index (χ0v) is 9.63. The first-order chi connectivity index (χ1) is 8.25. The van der Waals surface area contributed by atoms with Crippen molar-refractivity contribution in [3.8, 4) is 11.6 Å². The molecule has 0 bridgehead atoms. The van der Waals surface area contributed by atoms with E-state index in [-0.39, 0.29) is 18.4 Å². The third-order valence-electron chi connectivity index (χ3n) is 2.79. The van der Waals surface area contributed by atoms with E-state index >= 15 is 0 Å². The van der Waals surface area contributed by atoms with Crippen LogP contribution in [0, 0.1) is 0 Å². The van der Waals surface area contributed by atoms with Gasteiger partial charge in [0.1, 0.15) is 5.75 Å². The number of rotatable bonds is 3. The molecule has 0 unspecified atom stereocenters. The van der Waals surface area contributed by atoms with Crippen LogP contribution in [0.5, 0.6) is 11.6 Å². The number of hydrogen-bond acceptors (Lipinski definition) is 4. The zero-order valence-electron chi connectivity index (χ0n) is 9.63. The second-order valence-corrected chi connectivity index (χ2v) is 4.08. The molecule has 17 heavy (non-hydrogen) atoms. The fraction of sp³-hybridized carbons (Fsp3) is 0.500. The van der Waals surface area contributed by atoms with Crippen molar-refractivity contribution in [3.05, 3.63) is 18.3 Å². The zero-order chi connectivity index (χ0) is 12.1. The monoisotopic (exact) mass is 236 g/mol. The molecular weight excluding hydrogens is 220 g/mol. The van der Waals surface area contributed by atoms with Crippen molar-refractivity contribution in [2.45, 2.75) is 19.3 Å². The predicted molar refractivity (Wildman–Crippen MR) is 61.8 cm³/mol. The topological polar surface area (TPSA) is 62.7 Å². The lowest BCUT2D eigenvalue weighted by atomic mass is 10.1. The van der Waals surface area contributed by atoms with Crippen LogP contribution in [-0.2, 0) is 4.79 Å². The predicted octanol–water partition coefficient (Wildman–Crippen LogP) is 1.18. The van der Waals surface area contributed by atoms with Crippen molar-refractivity contribution in [1.29, 1.82) is 0 Å². The van der Waals surface area contributed by atoms with Gasteiger partial charge < -0.3 is 14.7 Å². The molecule has 5 nitrogen and oxygen atoms in total. The van der Waals surface area contributed by atoms with E-state index < -0.39 is 0 Å². The summed E-state index contributed by atoms with van der Waals surface area (Å²) in [5.74, 6) is 0.358. The Hall–Kier alpha value is -1.78. The van der Waals surface area contributed by atoms with Crippen LogP contribution in [0.25, 0.3) is 0 Å². The molecule has 2 rings (SSSR count). The highest BCUT2D eigenvalue weighted by molar-refractivity contribution is 5.77. The molecule has 1 aliphatic heterocycles. The third-order valence-corrected chi connectivity index (χ3v) is 2.79. The number of piperidine rings is 1. The standard InChI is InChI=1S/C12H16N2O3/c15-11-8-10(4-5-13-11)17-9-12(16)14-6-2-1-3-7-14/h4-5,8H,1-3,6-7,9H2,(H,13,15). The van der Waals surface area contributed by atoms with Gasteiger partial charge in [-0.2, -0.15) is 0 Å². The largest absolute Gasteiger partial charge is 0.493 e. The molecule has 1 amide bonds. The highest BCUT2D eigenvalue weighted by atomic mass is 16.5. The Balaban J connectivity index is 1.83. The van der Waals surface area contributed by atoms with Gasteiger partial charge in [0.05, 0.1) is 0 Å². The molecule has 1 aromatic rings. The molecule has 0 aromatic carbocycles. The second-order valence-electron chi connectivity index (χ2n) is 4.08. The molecule has 1 N–H and O–H groups in total. The van der Waals surface area contributed by atoms with E-state index in [0.29, 0.717) is 5.75 Å². The normalized spacial score (nSPS) is 15.6. The first-order valence-electron chi connectivity index (χ1n) is 5.81. The minimum atomic E-state index is -0.104. The van der Waals surface area contributed by atoms with Crippen LogP contribution in [0.15, 0.2) is 18.3 Å². The number of amides is 1. The van der Waals surface area contributed by atoms with Crippen molar-refractivity contribution in [2.75, 3.05) is 19.7 Å². The molecule has 1 aliphatic rings. The van der Waals surface area contributed by atoms with Gasteiger partial charge in [0.15, 0.2) is 6.61 Å². The number of pyridine rings is 1. The Morgan fingerprint density at radius 2 is 2.18 bits per heavy atom. The lowest BCUT2D eigenvalue weighted by Crippen LogP contribution is -2.38. The maximum atomic E-state index is 11.8. The van der Waals surface area contributed by atoms with Gasteiger partial charge >= 0.3 is 0 Å². The van der Waals surface area contributed by atoms with E-state index in [4.69, 9.17) is 9.84 Å². The number of likely N-dealkylation sites (tertiary alicyclic amines) is 1. The van der Waals surface area contributed by atoms with Crippen LogP contribution >= 0.6 is 0 Å². The molecule has 0 saturated carbocycles. The first kappa shape index (κ1) is 11.7. The second kappa shape index (κ2) is 5.52. The minimum absolute atomic E-state index is 0.000928. The maximum Gasteiger partial charge on any atom is 0.260 e. The van der Waals surface area contributed by atoms with Crippen LogP contribution in [0.1, 0.15) is 19.3 Å². The van der Waals surface area contributed by atoms with E-state index in [0.717, 1.165) is 25.9 Å². The maximum absolute atomic E-state index is 11.8. The van der Waals surface area contributed by atoms with E-state index in [1.165, 1.54) is 18.7 Å². The van der Waals surface area contributed by atoms with Crippen LogP contribution < -0.4 is 4.74 Å². The summed E-state index contributed by atoms with van der Waals surface area (Å²) < 4.78 is 5.31. The average molecular weight is 236 g/mol. The van der Waals surface area contributed by atoms with E-state index in [1.807, 2.05) is 4.90 Å². The van der Waals surface area contributed by atoms with Crippen molar-refractivity contribution in [3.63, 3.8) is 0 Å². The fourth-order valence-corrected chi connectivity index (χ4v) is 1.87. The highest BCUT2D eigenvalue weighted by Gasteiger charge is 2.16. The molecule has 0 radical (unpaired) electrons. The number of aromatic hydroxyl groups is 1. The Morgan fingerprint density at radius 1 is 1.41 bits per heavy atom. The van der Waals surface area contributed by atoms with Gasteiger partial charge in [-0.3, -0.25) is 4.79 Å². The van der Waals surface area contributed by atoms with Gasteiger partial charge in [0.25, 0.3) is 5.91 Å². The summed E-state index contributed by atoms with van der Waals surface area (Å²) in [7, 11) is 0. The summed E-state index contributed by atoms with van der Waals surface area (Å²) in [5.41, 5.74) is 0. The number of ether oxygens (including phenoxy) is 1. The van der Waals surface area contributed by atoms with Crippen LogP contribution in [0.4, 0.5) is 0 Å². The summed E-state index contributed by atoms with van der Waals surface area (Å²) in [5, 5.41) is 9.14. The molecule has 5 heteroatoms. The molecule has 1 saturated heterocycles. The van der Waals surface area contributed by atoms with Crippen LogP contribution in [0.3, 0.4) is 0 Å². The van der Waals surface area contributed by atoms with Crippen molar-refractivity contribution in [2.24, 2.45) is 0 Å². The smallest absolute Gasteiger partial charge is 0.260 e. The lowest BCUT2D eigenvalue weighted by molar-refractivity contribution is -0.134. The molecular formula is C12H16N2O3. The van der Waals surface area contributed by atoms with Crippen LogP contribution in [-0.4, -0.2) is 40.6 Å². The van der Waals surface area contributed by atoms with Gasteiger partial charge in [-0.25, -0.2) is 4.98 Å².